The van der Waals surface area contributed by atoms with Crippen LogP contribution < -0.4 is 10.6 Å². The Kier molecular flexibility index (Phi) is 5.18. The number of methoxy groups -OCH3 is 1. The Morgan fingerprint density at radius 2 is 1.91 bits per heavy atom. The summed E-state index contributed by atoms with van der Waals surface area (Å²) < 4.78 is 5.40. The normalized spacial score (nSPS) is 25.7. The van der Waals surface area contributed by atoms with Gasteiger partial charge in [-0.25, -0.2) is 0 Å². The summed E-state index contributed by atoms with van der Waals surface area (Å²) in [5, 5.41) is 0. The van der Waals surface area contributed by atoms with Crippen LogP contribution in [0.3, 0.4) is 0 Å². The number of carbonyl (C=O) groups is 1. The minimum atomic E-state index is -0.255. The number of nitrogens with two attached hydrogens (primary N) is 1. The predicted molar refractivity (Wildman–Crippen MR) is 91.3 cm³/mol. The number of primary amides is 1. The second-order valence-electron chi connectivity index (χ2n) is 6.66. The summed E-state index contributed by atoms with van der Waals surface area (Å²) in [7, 11) is 1.69. The fourth-order valence-corrected chi connectivity index (χ4v) is 3.70. The van der Waals surface area contributed by atoms with Gasteiger partial charge in [-0.1, -0.05) is 12.1 Å². The molecule has 2 fully saturated rings. The number of piperidine rings is 1. The van der Waals surface area contributed by atoms with Gasteiger partial charge in [0.1, 0.15) is 0 Å². The van der Waals surface area contributed by atoms with E-state index in [1.807, 2.05) is 0 Å². The zero-order valence-electron chi connectivity index (χ0n) is 13.9. The van der Waals surface area contributed by atoms with E-state index in [0.29, 0.717) is 6.42 Å². The van der Waals surface area contributed by atoms with Crippen molar-refractivity contribution >= 4 is 11.6 Å². The van der Waals surface area contributed by atoms with E-state index < -0.39 is 0 Å². The van der Waals surface area contributed by atoms with Gasteiger partial charge in [-0.05, 0) is 43.4 Å². The van der Waals surface area contributed by atoms with Gasteiger partial charge in [0.25, 0.3) is 0 Å². The Labute approximate surface area is 138 Å². The monoisotopic (exact) mass is 317 g/mol. The quantitative estimate of drug-likeness (QED) is 0.899. The van der Waals surface area contributed by atoms with Crippen molar-refractivity contribution in [3.63, 3.8) is 0 Å². The van der Waals surface area contributed by atoms with Crippen LogP contribution in [0.5, 0.6) is 0 Å². The number of hydrogen-bond donors (Lipinski definition) is 1. The minimum Gasteiger partial charge on any atom is -0.380 e. The summed E-state index contributed by atoms with van der Waals surface area (Å²) in [5.74, 6) is -0.255. The molecule has 3 rings (SSSR count). The maximum Gasteiger partial charge on any atom is 0.234 e. The number of hydrogen-bond acceptors (Lipinski definition) is 4. The highest BCUT2D eigenvalue weighted by atomic mass is 16.5. The maximum atomic E-state index is 11.6. The Morgan fingerprint density at radius 1 is 1.22 bits per heavy atom. The number of carbonyl (C=O) groups excluding carboxylic acids is 1. The summed E-state index contributed by atoms with van der Waals surface area (Å²) in [4.78, 5) is 16.2. The van der Waals surface area contributed by atoms with Crippen molar-refractivity contribution in [2.24, 2.45) is 5.73 Å². The van der Waals surface area contributed by atoms with Crippen LogP contribution in [0.1, 0.15) is 31.2 Å². The van der Waals surface area contributed by atoms with Gasteiger partial charge in [0, 0.05) is 39.0 Å². The van der Waals surface area contributed by atoms with Crippen LogP contribution in [0.2, 0.25) is 0 Å². The molecule has 0 unspecified atom stereocenters. The summed E-state index contributed by atoms with van der Waals surface area (Å²) in [6.07, 6.45) is 4.71. The molecule has 126 valence electrons. The standard InChI is InChI=1S/C18H27N3O2/c1-23-16-11-17(18(19)22)21(13-16)12-14-5-7-15(8-6-14)20-9-3-2-4-10-20/h5-8,16-17H,2-4,9-13H2,1H3,(H2,19,22)/t16-,17-/m0/s1. The number of ether oxygens (including phenoxy) is 1. The van der Waals surface area contributed by atoms with Gasteiger partial charge < -0.3 is 15.4 Å². The van der Waals surface area contributed by atoms with Gasteiger partial charge in [-0.3, -0.25) is 9.69 Å². The third kappa shape index (κ3) is 3.85. The molecule has 1 aromatic rings. The topological polar surface area (TPSA) is 58.8 Å². The van der Waals surface area contributed by atoms with Crippen molar-refractivity contribution in [1.29, 1.82) is 0 Å². The lowest BCUT2D eigenvalue weighted by molar-refractivity contribution is -0.122. The van der Waals surface area contributed by atoms with Gasteiger partial charge in [0.05, 0.1) is 12.1 Å². The Bertz CT molecular complexity index is 526. The minimum absolute atomic E-state index is 0.0973. The molecule has 5 nitrogen and oxygen atoms in total. The lowest BCUT2D eigenvalue weighted by Crippen LogP contribution is -2.39. The Balaban J connectivity index is 1.64. The van der Waals surface area contributed by atoms with Crippen LogP contribution in [0, 0.1) is 0 Å². The third-order valence-corrected chi connectivity index (χ3v) is 5.07. The molecule has 1 amide bonds. The first kappa shape index (κ1) is 16.3. The molecule has 2 aliphatic heterocycles. The number of amides is 1. The van der Waals surface area contributed by atoms with E-state index in [-0.39, 0.29) is 18.1 Å². The second-order valence-corrected chi connectivity index (χ2v) is 6.66. The highest BCUT2D eigenvalue weighted by molar-refractivity contribution is 5.80. The number of likely N-dealkylation sites (tertiary alicyclic amines) is 1. The molecule has 0 aromatic heterocycles. The van der Waals surface area contributed by atoms with E-state index in [9.17, 15) is 4.79 Å². The Morgan fingerprint density at radius 3 is 2.52 bits per heavy atom. The molecule has 2 aliphatic rings. The SMILES string of the molecule is CO[C@H]1C[C@@H](C(N)=O)N(Cc2ccc(N3CCCCC3)cc2)C1. The molecule has 0 bridgehead atoms. The molecule has 0 saturated carbocycles. The molecular formula is C18H27N3O2. The highest BCUT2D eigenvalue weighted by Gasteiger charge is 2.35. The van der Waals surface area contributed by atoms with E-state index in [0.717, 1.165) is 26.2 Å². The Hall–Kier alpha value is -1.59. The van der Waals surface area contributed by atoms with Gasteiger partial charge in [0.2, 0.25) is 5.91 Å². The molecule has 0 aliphatic carbocycles. The largest absolute Gasteiger partial charge is 0.380 e. The summed E-state index contributed by atoms with van der Waals surface area (Å²) in [6.45, 7) is 3.82. The van der Waals surface area contributed by atoms with Gasteiger partial charge in [0.15, 0.2) is 0 Å². The predicted octanol–water partition coefficient (Wildman–Crippen LogP) is 1.75. The van der Waals surface area contributed by atoms with E-state index in [1.54, 1.807) is 7.11 Å². The van der Waals surface area contributed by atoms with E-state index in [2.05, 4.69) is 34.1 Å². The van der Waals surface area contributed by atoms with Crippen molar-refractivity contribution < 1.29 is 9.53 Å². The lowest BCUT2D eigenvalue weighted by atomic mass is 10.1. The highest BCUT2D eigenvalue weighted by Crippen LogP contribution is 2.24. The molecular weight excluding hydrogens is 290 g/mol. The van der Waals surface area contributed by atoms with E-state index in [4.69, 9.17) is 10.5 Å². The van der Waals surface area contributed by atoms with Crippen molar-refractivity contribution in [1.82, 2.24) is 4.90 Å². The number of nitrogens with zero attached hydrogens (tertiary/aromatic N) is 2. The number of anilines is 1. The van der Waals surface area contributed by atoms with Crippen LogP contribution in [-0.2, 0) is 16.1 Å². The lowest BCUT2D eigenvalue weighted by Gasteiger charge is -2.29. The summed E-state index contributed by atoms with van der Waals surface area (Å²) in [6, 6.07) is 8.51. The summed E-state index contributed by atoms with van der Waals surface area (Å²) in [5.41, 5.74) is 8.06. The third-order valence-electron chi connectivity index (χ3n) is 5.07. The van der Waals surface area contributed by atoms with E-state index >= 15 is 0 Å². The summed E-state index contributed by atoms with van der Waals surface area (Å²) >= 11 is 0. The van der Waals surface area contributed by atoms with Crippen LogP contribution in [0.15, 0.2) is 24.3 Å². The first-order valence-electron chi connectivity index (χ1n) is 8.57. The molecule has 2 N–H and O–H groups in total. The van der Waals surface area contributed by atoms with Gasteiger partial charge in [-0.2, -0.15) is 0 Å². The fourth-order valence-electron chi connectivity index (χ4n) is 3.70. The van der Waals surface area contributed by atoms with Crippen molar-refractivity contribution in [3.8, 4) is 0 Å². The molecule has 23 heavy (non-hydrogen) atoms. The fraction of sp³-hybridized carbons (Fsp3) is 0.611. The van der Waals surface area contributed by atoms with Crippen LogP contribution >= 0.6 is 0 Å². The molecule has 1 aromatic carbocycles. The number of rotatable bonds is 5. The first-order valence-corrected chi connectivity index (χ1v) is 8.57. The van der Waals surface area contributed by atoms with E-state index in [1.165, 1.54) is 30.5 Å². The average molecular weight is 317 g/mol. The molecule has 2 heterocycles. The van der Waals surface area contributed by atoms with Crippen molar-refractivity contribution in [2.75, 3.05) is 31.6 Å². The van der Waals surface area contributed by atoms with Gasteiger partial charge in [-0.15, -0.1) is 0 Å². The zero-order valence-corrected chi connectivity index (χ0v) is 13.9. The number of benzene rings is 1. The molecule has 2 saturated heterocycles. The van der Waals surface area contributed by atoms with Crippen LogP contribution in [0.4, 0.5) is 5.69 Å². The molecule has 0 spiro atoms. The molecule has 0 radical (unpaired) electrons. The van der Waals surface area contributed by atoms with Gasteiger partial charge >= 0.3 is 0 Å². The van der Waals surface area contributed by atoms with Crippen LogP contribution in [-0.4, -0.2) is 49.7 Å². The maximum absolute atomic E-state index is 11.6. The molecule has 5 heteroatoms. The second kappa shape index (κ2) is 7.32. The van der Waals surface area contributed by atoms with Crippen molar-refractivity contribution in [2.45, 2.75) is 44.4 Å². The van der Waals surface area contributed by atoms with Crippen molar-refractivity contribution in [3.05, 3.63) is 29.8 Å². The first-order chi connectivity index (χ1) is 11.2. The zero-order chi connectivity index (χ0) is 16.2. The van der Waals surface area contributed by atoms with Crippen LogP contribution in [0.25, 0.3) is 0 Å². The average Bonchev–Trinajstić information content (AvgIpc) is 3.00. The molecule has 2 atom stereocenters. The smallest absolute Gasteiger partial charge is 0.234 e.